The monoisotopic (exact) mass is 305 g/mol. The molecule has 2 aromatic rings. The average molecular weight is 307 g/mol. The Kier molecular flexibility index (Phi) is 3.49. The van der Waals surface area contributed by atoms with Gasteiger partial charge in [0.05, 0.1) is 10.4 Å². The molecule has 0 unspecified atom stereocenters. The minimum atomic E-state index is 1.00. The third-order valence-electron chi connectivity index (χ3n) is 1.65. The molecule has 0 N–H and O–H groups in total. The molecule has 0 bridgehead atoms. The Bertz CT molecular complexity index is 427. The van der Waals surface area contributed by atoms with E-state index in [2.05, 4.69) is 20.9 Å². The first kappa shape index (κ1) is 10.5. The molecule has 0 radical (unpaired) electrons. The van der Waals surface area contributed by atoms with Crippen molar-refractivity contribution in [1.82, 2.24) is 4.98 Å². The summed E-state index contributed by atoms with van der Waals surface area (Å²) in [5, 5.41) is 1.00. The molecule has 1 aromatic carbocycles. The number of rotatable bonds is 2. The minimum absolute atomic E-state index is 1.00. The van der Waals surface area contributed by atoms with Gasteiger partial charge in [-0.3, -0.25) is 0 Å². The van der Waals surface area contributed by atoms with Crippen LogP contribution in [0.5, 0.6) is 0 Å². The van der Waals surface area contributed by atoms with Crippen LogP contribution in [-0.2, 0) is 0 Å². The van der Waals surface area contributed by atoms with Gasteiger partial charge < -0.3 is 0 Å². The maximum atomic E-state index is 5.63. The van der Waals surface area contributed by atoms with Crippen molar-refractivity contribution < 1.29 is 0 Å². The molecule has 5 heteroatoms. The van der Waals surface area contributed by atoms with E-state index in [1.165, 1.54) is 11.0 Å². The fourth-order valence-corrected chi connectivity index (χ4v) is 2.80. The molecular weight excluding hydrogens is 302 g/mol. The lowest BCUT2D eigenvalue weighted by molar-refractivity contribution is 1.37. The van der Waals surface area contributed by atoms with Gasteiger partial charge in [0.15, 0.2) is 0 Å². The van der Waals surface area contributed by atoms with Crippen LogP contribution >= 0.6 is 48.9 Å². The van der Waals surface area contributed by atoms with E-state index in [0.717, 1.165) is 19.3 Å². The summed E-state index contributed by atoms with van der Waals surface area (Å²) in [5.41, 5.74) is 1.12. The second kappa shape index (κ2) is 4.66. The van der Waals surface area contributed by atoms with Gasteiger partial charge in [0.2, 0.25) is 0 Å². The molecule has 1 aromatic heterocycles. The van der Waals surface area contributed by atoms with Gasteiger partial charge in [-0.05, 0) is 33.8 Å². The Hall–Kier alpha value is -0.0300. The first-order valence-electron chi connectivity index (χ1n) is 3.80. The van der Waals surface area contributed by atoms with Crippen LogP contribution in [0.1, 0.15) is 0 Å². The van der Waals surface area contributed by atoms with Gasteiger partial charge in [-0.25, -0.2) is 4.98 Å². The number of aromatic nitrogens is 1. The number of hydrogen-bond donors (Lipinski definition) is 0. The number of thiazole rings is 1. The maximum Gasteiger partial charge on any atom is 0.124 e. The number of benzene rings is 1. The zero-order valence-corrected chi connectivity index (χ0v) is 10.9. The van der Waals surface area contributed by atoms with Crippen molar-refractivity contribution in [2.24, 2.45) is 0 Å². The van der Waals surface area contributed by atoms with E-state index in [4.69, 9.17) is 10.7 Å². The molecule has 0 spiro atoms. The Balaban J connectivity index is 2.34. The molecule has 0 atom stereocenters. The highest BCUT2D eigenvalue weighted by molar-refractivity contribution is 9.10. The lowest BCUT2D eigenvalue weighted by Gasteiger charge is -1.94. The first-order valence-corrected chi connectivity index (χ1v) is 7.05. The van der Waals surface area contributed by atoms with E-state index in [1.54, 1.807) is 17.5 Å². The van der Waals surface area contributed by atoms with E-state index in [0.29, 0.717) is 0 Å². The van der Waals surface area contributed by atoms with Gasteiger partial charge >= 0.3 is 0 Å². The van der Waals surface area contributed by atoms with Crippen molar-refractivity contribution in [1.29, 1.82) is 0 Å². The van der Waals surface area contributed by atoms with Crippen LogP contribution in [0, 0.1) is 0 Å². The fourth-order valence-electron chi connectivity index (χ4n) is 1.02. The number of nitrogens with zero attached hydrogens (tertiary/aromatic N) is 1. The van der Waals surface area contributed by atoms with E-state index in [-0.39, 0.29) is 0 Å². The van der Waals surface area contributed by atoms with Crippen molar-refractivity contribution in [3.63, 3.8) is 0 Å². The van der Waals surface area contributed by atoms with Gasteiger partial charge in [0.25, 0.3) is 0 Å². The highest BCUT2D eigenvalue weighted by Crippen LogP contribution is 2.33. The Labute approximate surface area is 103 Å². The highest BCUT2D eigenvalue weighted by atomic mass is 79.9. The van der Waals surface area contributed by atoms with Gasteiger partial charge in [-0.15, -0.1) is 11.3 Å². The predicted molar refractivity (Wildman–Crippen MR) is 67.0 cm³/mol. The third-order valence-corrected chi connectivity index (χ3v) is 4.55. The molecule has 0 saturated carbocycles. The molecule has 72 valence electrons. The SMILES string of the molecule is ClSc1cnc(-c2ccc(Br)cc2)s1. The van der Waals surface area contributed by atoms with Crippen molar-refractivity contribution in [2.75, 3.05) is 0 Å². The molecule has 14 heavy (non-hydrogen) atoms. The third kappa shape index (κ3) is 2.31. The minimum Gasteiger partial charge on any atom is -0.243 e. The Morgan fingerprint density at radius 1 is 1.29 bits per heavy atom. The maximum absolute atomic E-state index is 5.63. The summed E-state index contributed by atoms with van der Waals surface area (Å²) in [7, 11) is 6.84. The van der Waals surface area contributed by atoms with Gasteiger partial charge in [0.1, 0.15) is 5.01 Å². The van der Waals surface area contributed by atoms with Crippen LogP contribution in [-0.4, -0.2) is 4.98 Å². The summed E-state index contributed by atoms with van der Waals surface area (Å²) in [6, 6.07) is 8.08. The molecule has 1 nitrogen and oxygen atoms in total. The molecule has 1 heterocycles. The predicted octanol–water partition coefficient (Wildman–Crippen LogP) is 4.82. The summed E-state index contributed by atoms with van der Waals surface area (Å²) in [5.74, 6) is 0. The molecule has 2 rings (SSSR count). The smallest absolute Gasteiger partial charge is 0.124 e. The molecule has 0 aliphatic rings. The van der Waals surface area contributed by atoms with Gasteiger partial charge in [-0.2, -0.15) is 0 Å². The number of halogens is 2. The normalized spacial score (nSPS) is 10.4. The Morgan fingerprint density at radius 2 is 2.00 bits per heavy atom. The average Bonchev–Trinajstić information content (AvgIpc) is 2.67. The van der Waals surface area contributed by atoms with Crippen molar-refractivity contribution in [2.45, 2.75) is 4.21 Å². The summed E-state index contributed by atoms with van der Waals surface area (Å²) >= 11 is 4.99. The van der Waals surface area contributed by atoms with E-state index >= 15 is 0 Å². The zero-order chi connectivity index (χ0) is 9.97. The van der Waals surface area contributed by atoms with Gasteiger partial charge in [0, 0.05) is 10.0 Å². The lowest BCUT2D eigenvalue weighted by atomic mass is 10.2. The standard InChI is InChI=1S/C9H5BrClNS2/c10-7-3-1-6(2-4-7)9-12-5-8(13-9)14-11/h1-5H. The van der Waals surface area contributed by atoms with E-state index in [9.17, 15) is 0 Å². The number of hydrogen-bond acceptors (Lipinski definition) is 3. The highest BCUT2D eigenvalue weighted by Gasteiger charge is 2.03. The summed E-state index contributed by atoms with van der Waals surface area (Å²) in [6.45, 7) is 0. The molecule has 0 fully saturated rings. The second-order valence-corrected chi connectivity index (χ2v) is 5.83. The molecule has 0 aliphatic heterocycles. The van der Waals surface area contributed by atoms with Crippen molar-refractivity contribution in [3.8, 4) is 10.6 Å². The molecular formula is C9H5BrClNS2. The summed E-state index contributed by atoms with van der Waals surface area (Å²) in [4.78, 5) is 4.28. The molecule has 0 saturated heterocycles. The zero-order valence-electron chi connectivity index (χ0n) is 6.91. The van der Waals surface area contributed by atoms with Crippen LogP contribution in [0.25, 0.3) is 10.6 Å². The largest absolute Gasteiger partial charge is 0.243 e. The lowest BCUT2D eigenvalue weighted by Crippen LogP contribution is -1.73. The first-order chi connectivity index (χ1) is 6.79. The Morgan fingerprint density at radius 3 is 2.57 bits per heavy atom. The van der Waals surface area contributed by atoms with Crippen molar-refractivity contribution >= 4 is 48.9 Å². The van der Waals surface area contributed by atoms with Crippen molar-refractivity contribution in [3.05, 3.63) is 34.9 Å². The van der Waals surface area contributed by atoms with Gasteiger partial charge in [-0.1, -0.05) is 28.1 Å². The summed E-state index contributed by atoms with van der Waals surface area (Å²) in [6.07, 6.45) is 1.79. The topological polar surface area (TPSA) is 12.9 Å². The summed E-state index contributed by atoms with van der Waals surface area (Å²) < 4.78 is 2.09. The van der Waals surface area contributed by atoms with Crippen LogP contribution in [0.3, 0.4) is 0 Å². The van der Waals surface area contributed by atoms with Crippen LogP contribution in [0.2, 0.25) is 0 Å². The quantitative estimate of drug-likeness (QED) is 0.789. The van der Waals surface area contributed by atoms with Crippen LogP contribution in [0.4, 0.5) is 0 Å². The second-order valence-electron chi connectivity index (χ2n) is 2.57. The van der Waals surface area contributed by atoms with E-state index < -0.39 is 0 Å². The molecule has 0 amide bonds. The fraction of sp³-hybridized carbons (Fsp3) is 0. The van der Waals surface area contributed by atoms with Crippen LogP contribution in [0.15, 0.2) is 39.1 Å². The molecule has 0 aliphatic carbocycles. The van der Waals surface area contributed by atoms with Crippen LogP contribution < -0.4 is 0 Å². The van der Waals surface area contributed by atoms with E-state index in [1.807, 2.05) is 24.3 Å².